The lowest BCUT2D eigenvalue weighted by molar-refractivity contribution is -0.125. The fraction of sp³-hybridized carbons (Fsp3) is 0.435. The van der Waals surface area contributed by atoms with Crippen LogP contribution in [0.3, 0.4) is 0 Å². The van der Waals surface area contributed by atoms with E-state index in [9.17, 15) is 4.79 Å². The molecule has 0 unspecified atom stereocenters. The van der Waals surface area contributed by atoms with Crippen LogP contribution in [0.1, 0.15) is 40.9 Å². The van der Waals surface area contributed by atoms with Crippen LogP contribution in [0.25, 0.3) is 11.1 Å². The van der Waals surface area contributed by atoms with Crippen LogP contribution in [0, 0.1) is 33.6 Å². The van der Waals surface area contributed by atoms with E-state index in [1.807, 2.05) is 13.8 Å². The van der Waals surface area contributed by atoms with Gasteiger partial charge in [0, 0.05) is 31.1 Å². The molecule has 4 rings (SSSR count). The molecule has 0 bridgehead atoms. The van der Waals surface area contributed by atoms with Crippen LogP contribution in [0.4, 0.5) is 5.82 Å². The summed E-state index contributed by atoms with van der Waals surface area (Å²) < 4.78 is 5.74. The number of rotatable bonds is 4. The average Bonchev–Trinajstić information content (AvgIpc) is 3.02. The zero-order valence-electron chi connectivity index (χ0n) is 17.6. The number of piperidine rings is 1. The monoisotopic (exact) mass is 392 g/mol. The number of benzene rings is 1. The minimum Gasteiger partial charge on any atom is -0.443 e. The fourth-order valence-electron chi connectivity index (χ4n) is 4.07. The SMILES string of the molecule is Cc1ccc(C)c(CNC(=O)C2CCN(c3ncnc4oc(C)c(C)c34)CC2)c1. The highest BCUT2D eigenvalue weighted by Crippen LogP contribution is 2.32. The maximum Gasteiger partial charge on any atom is 0.231 e. The molecule has 1 aromatic carbocycles. The Labute approximate surface area is 171 Å². The van der Waals surface area contributed by atoms with Gasteiger partial charge in [0.1, 0.15) is 17.9 Å². The Morgan fingerprint density at radius 2 is 1.93 bits per heavy atom. The molecule has 1 amide bonds. The summed E-state index contributed by atoms with van der Waals surface area (Å²) in [5.74, 6) is 1.98. The van der Waals surface area contributed by atoms with Crippen molar-refractivity contribution in [2.24, 2.45) is 5.92 Å². The quantitative estimate of drug-likeness (QED) is 0.727. The maximum atomic E-state index is 12.7. The third-order valence-corrected chi connectivity index (χ3v) is 6.07. The van der Waals surface area contributed by atoms with E-state index in [4.69, 9.17) is 4.42 Å². The normalized spacial score (nSPS) is 15.1. The Morgan fingerprint density at radius 3 is 2.69 bits per heavy atom. The number of nitrogens with one attached hydrogen (secondary N) is 1. The fourth-order valence-corrected chi connectivity index (χ4v) is 4.07. The number of aryl methyl sites for hydroxylation is 4. The predicted octanol–water partition coefficient (Wildman–Crippen LogP) is 3.99. The van der Waals surface area contributed by atoms with E-state index in [1.165, 1.54) is 16.7 Å². The Morgan fingerprint density at radius 1 is 1.17 bits per heavy atom. The van der Waals surface area contributed by atoms with Gasteiger partial charge in [-0.15, -0.1) is 0 Å². The largest absolute Gasteiger partial charge is 0.443 e. The number of furan rings is 1. The molecule has 1 aliphatic rings. The molecule has 0 saturated carbocycles. The second-order valence-corrected chi connectivity index (χ2v) is 8.07. The number of amides is 1. The number of anilines is 1. The third kappa shape index (κ3) is 3.84. The first-order valence-corrected chi connectivity index (χ1v) is 10.2. The molecule has 1 saturated heterocycles. The topological polar surface area (TPSA) is 71.3 Å². The number of fused-ring (bicyclic) bond motifs is 1. The van der Waals surface area contributed by atoms with Gasteiger partial charge < -0.3 is 14.6 Å². The predicted molar refractivity (Wildman–Crippen MR) is 114 cm³/mol. The summed E-state index contributed by atoms with van der Waals surface area (Å²) in [5.41, 5.74) is 5.34. The standard InChI is InChI=1S/C23H28N4O2/c1-14-5-6-15(2)19(11-14)12-24-22(28)18-7-9-27(10-8-18)21-20-16(3)17(4)29-23(20)26-13-25-21/h5-6,11,13,18H,7-10,12H2,1-4H3,(H,24,28). The van der Waals surface area contributed by atoms with Crippen LogP contribution in [0.15, 0.2) is 28.9 Å². The van der Waals surface area contributed by atoms with Gasteiger partial charge >= 0.3 is 0 Å². The van der Waals surface area contributed by atoms with Crippen LogP contribution < -0.4 is 10.2 Å². The first-order chi connectivity index (χ1) is 13.9. The van der Waals surface area contributed by atoms with Crippen molar-refractivity contribution in [2.75, 3.05) is 18.0 Å². The van der Waals surface area contributed by atoms with Crippen molar-refractivity contribution < 1.29 is 9.21 Å². The average molecular weight is 393 g/mol. The summed E-state index contributed by atoms with van der Waals surface area (Å²) >= 11 is 0. The summed E-state index contributed by atoms with van der Waals surface area (Å²) in [6, 6.07) is 6.36. The minimum absolute atomic E-state index is 0.0425. The lowest BCUT2D eigenvalue weighted by Crippen LogP contribution is -2.40. The molecule has 0 aliphatic carbocycles. The first kappa shape index (κ1) is 19.4. The Bertz CT molecular complexity index is 1050. The maximum absolute atomic E-state index is 12.7. The van der Waals surface area contributed by atoms with Gasteiger partial charge in [-0.25, -0.2) is 9.97 Å². The molecule has 6 nitrogen and oxygen atoms in total. The summed E-state index contributed by atoms with van der Waals surface area (Å²) in [6.45, 7) is 10.4. The van der Waals surface area contributed by atoms with Gasteiger partial charge in [-0.05, 0) is 51.7 Å². The Hall–Kier alpha value is -2.89. The summed E-state index contributed by atoms with van der Waals surface area (Å²) in [4.78, 5) is 23.7. The summed E-state index contributed by atoms with van der Waals surface area (Å²) in [5, 5.41) is 4.12. The molecule has 29 heavy (non-hydrogen) atoms. The zero-order valence-corrected chi connectivity index (χ0v) is 17.6. The number of nitrogens with zero attached hydrogens (tertiary/aromatic N) is 3. The molecule has 2 aromatic heterocycles. The molecule has 1 aliphatic heterocycles. The highest BCUT2D eigenvalue weighted by Gasteiger charge is 2.27. The molecule has 1 fully saturated rings. The van der Waals surface area contributed by atoms with E-state index < -0.39 is 0 Å². The lowest BCUT2D eigenvalue weighted by atomic mass is 9.95. The first-order valence-electron chi connectivity index (χ1n) is 10.2. The van der Waals surface area contributed by atoms with Crippen molar-refractivity contribution in [3.63, 3.8) is 0 Å². The molecule has 6 heteroatoms. The van der Waals surface area contributed by atoms with E-state index in [1.54, 1.807) is 6.33 Å². The Kier molecular flexibility index (Phi) is 5.26. The van der Waals surface area contributed by atoms with E-state index in [2.05, 4.69) is 52.2 Å². The van der Waals surface area contributed by atoms with Crippen molar-refractivity contribution in [3.8, 4) is 0 Å². The van der Waals surface area contributed by atoms with Gasteiger partial charge in [-0.2, -0.15) is 0 Å². The number of carbonyl (C=O) groups excluding carboxylic acids is 1. The summed E-state index contributed by atoms with van der Waals surface area (Å²) in [6.07, 6.45) is 3.20. The van der Waals surface area contributed by atoms with Crippen LogP contribution in [-0.4, -0.2) is 29.0 Å². The lowest BCUT2D eigenvalue weighted by Gasteiger charge is -2.32. The van der Waals surface area contributed by atoms with Gasteiger partial charge in [0.25, 0.3) is 0 Å². The smallest absolute Gasteiger partial charge is 0.231 e. The third-order valence-electron chi connectivity index (χ3n) is 6.07. The molecule has 0 atom stereocenters. The van der Waals surface area contributed by atoms with E-state index in [0.29, 0.717) is 12.3 Å². The molecule has 152 valence electrons. The molecule has 0 spiro atoms. The molecular formula is C23H28N4O2. The second kappa shape index (κ2) is 7.85. The minimum atomic E-state index is 0.0425. The Balaban J connectivity index is 1.39. The van der Waals surface area contributed by atoms with Crippen LogP contribution in [0.5, 0.6) is 0 Å². The second-order valence-electron chi connectivity index (χ2n) is 8.07. The van der Waals surface area contributed by atoms with Crippen LogP contribution >= 0.6 is 0 Å². The number of hydrogen-bond donors (Lipinski definition) is 1. The van der Waals surface area contributed by atoms with Crippen LogP contribution in [-0.2, 0) is 11.3 Å². The zero-order chi connectivity index (χ0) is 20.5. The van der Waals surface area contributed by atoms with Crippen molar-refractivity contribution in [1.29, 1.82) is 0 Å². The highest BCUT2D eigenvalue weighted by molar-refractivity contribution is 5.90. The van der Waals surface area contributed by atoms with Crippen molar-refractivity contribution in [3.05, 3.63) is 52.5 Å². The van der Waals surface area contributed by atoms with Gasteiger partial charge in [0.2, 0.25) is 11.6 Å². The molecule has 3 aromatic rings. The van der Waals surface area contributed by atoms with E-state index in [0.717, 1.165) is 48.5 Å². The van der Waals surface area contributed by atoms with Gasteiger partial charge in [0.05, 0.1) is 5.39 Å². The molecule has 1 N–H and O–H groups in total. The van der Waals surface area contributed by atoms with Crippen molar-refractivity contribution >= 4 is 22.8 Å². The van der Waals surface area contributed by atoms with E-state index in [-0.39, 0.29) is 11.8 Å². The molecule has 0 radical (unpaired) electrons. The number of aromatic nitrogens is 2. The van der Waals surface area contributed by atoms with E-state index >= 15 is 0 Å². The number of hydrogen-bond acceptors (Lipinski definition) is 5. The number of carbonyl (C=O) groups is 1. The van der Waals surface area contributed by atoms with Crippen LogP contribution in [0.2, 0.25) is 0 Å². The summed E-state index contributed by atoms with van der Waals surface area (Å²) in [7, 11) is 0. The molecular weight excluding hydrogens is 364 g/mol. The van der Waals surface area contributed by atoms with Gasteiger partial charge in [-0.1, -0.05) is 23.8 Å². The highest BCUT2D eigenvalue weighted by atomic mass is 16.3. The van der Waals surface area contributed by atoms with Crippen molar-refractivity contribution in [2.45, 2.75) is 47.1 Å². The molecule has 3 heterocycles. The van der Waals surface area contributed by atoms with Crippen molar-refractivity contribution in [1.82, 2.24) is 15.3 Å². The van der Waals surface area contributed by atoms with Gasteiger partial charge in [0.15, 0.2) is 0 Å². The van der Waals surface area contributed by atoms with Gasteiger partial charge in [-0.3, -0.25) is 4.79 Å².